The van der Waals surface area contributed by atoms with E-state index in [9.17, 15) is 13.2 Å². The lowest BCUT2D eigenvalue weighted by Gasteiger charge is -2.26. The van der Waals surface area contributed by atoms with Crippen LogP contribution in [-0.2, 0) is 10.0 Å². The predicted octanol–water partition coefficient (Wildman–Crippen LogP) is 4.12. The Hall–Kier alpha value is -1.20. The lowest BCUT2D eigenvalue weighted by molar-refractivity contribution is 0.102. The third-order valence-corrected chi connectivity index (χ3v) is 8.74. The van der Waals surface area contributed by atoms with Crippen molar-refractivity contribution in [2.75, 3.05) is 24.2 Å². The van der Waals surface area contributed by atoms with Gasteiger partial charge in [-0.2, -0.15) is 4.31 Å². The fourth-order valence-electron chi connectivity index (χ4n) is 2.76. The molecule has 2 heterocycles. The summed E-state index contributed by atoms with van der Waals surface area (Å²) in [6, 6.07) is 4.27. The summed E-state index contributed by atoms with van der Waals surface area (Å²) in [5, 5.41) is 11.1. The maximum Gasteiger partial charge on any atom is 0.257 e. The molecule has 0 unspecified atom stereocenters. The van der Waals surface area contributed by atoms with Gasteiger partial charge in [0.1, 0.15) is 4.90 Å². The maximum absolute atomic E-state index is 12.9. The number of amides is 1. The minimum Gasteiger partial charge on any atom is -0.296 e. The highest BCUT2D eigenvalue weighted by Gasteiger charge is 2.28. The van der Waals surface area contributed by atoms with Crippen LogP contribution >= 0.6 is 34.7 Å². The zero-order valence-corrected chi connectivity index (χ0v) is 18.6. The van der Waals surface area contributed by atoms with Crippen LogP contribution in [0.5, 0.6) is 0 Å². The molecule has 1 amide bonds. The van der Waals surface area contributed by atoms with Gasteiger partial charge in [-0.3, -0.25) is 10.1 Å². The van der Waals surface area contributed by atoms with Crippen molar-refractivity contribution < 1.29 is 13.2 Å². The van der Waals surface area contributed by atoms with E-state index in [0.717, 1.165) is 35.8 Å². The number of anilines is 1. The van der Waals surface area contributed by atoms with Crippen molar-refractivity contribution in [3.63, 3.8) is 0 Å². The van der Waals surface area contributed by atoms with Crippen molar-refractivity contribution in [2.24, 2.45) is 0 Å². The van der Waals surface area contributed by atoms with Crippen molar-refractivity contribution in [1.82, 2.24) is 14.5 Å². The Balaban J connectivity index is 1.78. The van der Waals surface area contributed by atoms with Gasteiger partial charge in [0, 0.05) is 24.4 Å². The Morgan fingerprint density at radius 1 is 1.29 bits per heavy atom. The monoisotopic (exact) mass is 460 g/mol. The first-order chi connectivity index (χ1) is 13.4. The van der Waals surface area contributed by atoms with E-state index in [1.54, 1.807) is 11.8 Å². The molecule has 0 saturated carbocycles. The Kier molecular flexibility index (Phi) is 7.32. The molecular formula is C17H21ClN4O3S3. The number of nitrogens with one attached hydrogen (secondary N) is 1. The highest BCUT2D eigenvalue weighted by molar-refractivity contribution is 8.01. The average Bonchev–Trinajstić information content (AvgIpc) is 3.14. The molecule has 2 aromatic rings. The van der Waals surface area contributed by atoms with Crippen LogP contribution in [0, 0.1) is 0 Å². The molecule has 3 rings (SSSR count). The molecule has 0 atom stereocenters. The van der Waals surface area contributed by atoms with Crippen molar-refractivity contribution in [3.05, 3.63) is 28.8 Å². The van der Waals surface area contributed by atoms with Gasteiger partial charge >= 0.3 is 0 Å². The zero-order valence-electron chi connectivity index (χ0n) is 15.4. The summed E-state index contributed by atoms with van der Waals surface area (Å²) in [6.07, 6.45) is 3.69. The molecule has 0 radical (unpaired) electrons. The second-order valence-corrected chi connectivity index (χ2v) is 10.9. The normalized spacial score (nSPS) is 15.5. The molecule has 152 valence electrons. The van der Waals surface area contributed by atoms with Crippen LogP contribution in [-0.4, -0.2) is 47.7 Å². The number of hydrogen-bond donors (Lipinski definition) is 1. The number of halogens is 1. The lowest BCUT2D eigenvalue weighted by atomic mass is 10.2. The first kappa shape index (κ1) is 21.5. The number of sulfonamides is 1. The summed E-state index contributed by atoms with van der Waals surface area (Å²) >= 11 is 9.02. The molecule has 11 heteroatoms. The molecule has 1 aromatic carbocycles. The van der Waals surface area contributed by atoms with Gasteiger partial charge in [0.15, 0.2) is 4.34 Å². The quantitative estimate of drug-likeness (QED) is 0.493. The molecule has 0 aliphatic carbocycles. The topological polar surface area (TPSA) is 92.3 Å². The average molecular weight is 461 g/mol. The van der Waals surface area contributed by atoms with E-state index in [0.29, 0.717) is 18.2 Å². The van der Waals surface area contributed by atoms with Crippen LogP contribution < -0.4 is 5.32 Å². The number of aromatic nitrogens is 2. The van der Waals surface area contributed by atoms with Gasteiger partial charge < -0.3 is 0 Å². The minimum atomic E-state index is -3.74. The summed E-state index contributed by atoms with van der Waals surface area (Å²) < 4.78 is 28.1. The second-order valence-electron chi connectivity index (χ2n) is 6.29. The smallest absolute Gasteiger partial charge is 0.257 e. The summed E-state index contributed by atoms with van der Waals surface area (Å²) in [5.74, 6) is 0.479. The summed E-state index contributed by atoms with van der Waals surface area (Å²) in [7, 11) is -3.74. The summed E-state index contributed by atoms with van der Waals surface area (Å²) in [5.41, 5.74) is 0.206. The van der Waals surface area contributed by atoms with Gasteiger partial charge in [-0.1, -0.05) is 48.0 Å². The first-order valence-electron chi connectivity index (χ1n) is 8.99. The largest absolute Gasteiger partial charge is 0.296 e. The fraction of sp³-hybridized carbons (Fsp3) is 0.471. The molecule has 1 aliphatic heterocycles. The lowest BCUT2D eigenvalue weighted by Crippen LogP contribution is -2.35. The van der Waals surface area contributed by atoms with Gasteiger partial charge in [-0.25, -0.2) is 8.42 Å². The molecule has 1 N–H and O–H groups in total. The van der Waals surface area contributed by atoms with Gasteiger partial charge in [-0.15, -0.1) is 10.2 Å². The van der Waals surface area contributed by atoms with Gasteiger partial charge in [-0.05, 0) is 37.5 Å². The summed E-state index contributed by atoms with van der Waals surface area (Å²) in [6.45, 7) is 3.02. The van der Waals surface area contributed by atoms with Crippen molar-refractivity contribution in [3.8, 4) is 0 Å². The zero-order chi connectivity index (χ0) is 20.1. The van der Waals surface area contributed by atoms with Crippen LogP contribution in [0.25, 0.3) is 0 Å². The number of thioether (sulfide) groups is 1. The van der Waals surface area contributed by atoms with E-state index in [1.807, 2.05) is 0 Å². The standard InChI is InChI=1S/C17H21ClN4O3S3/c1-2-10-26-17-21-20-16(27-17)19-15(23)12-6-7-13(18)14(11-12)28(24,25)22-8-4-3-5-9-22/h6-7,11H,2-5,8-10H2,1H3,(H,19,20,23). The first-order valence-corrected chi connectivity index (χ1v) is 12.6. The SMILES string of the molecule is CCCSc1nnc(NC(=O)c2ccc(Cl)c(S(=O)(=O)N3CCCCC3)c2)s1. The molecule has 0 spiro atoms. The van der Waals surface area contributed by atoms with E-state index in [4.69, 9.17) is 11.6 Å². The second kappa shape index (κ2) is 9.53. The van der Waals surface area contributed by atoms with E-state index < -0.39 is 15.9 Å². The van der Waals surface area contributed by atoms with Gasteiger partial charge in [0.25, 0.3) is 5.91 Å². The Bertz CT molecular complexity index is 943. The maximum atomic E-state index is 12.9. The Labute approximate surface area is 177 Å². The van der Waals surface area contributed by atoms with E-state index in [2.05, 4.69) is 22.4 Å². The molecule has 1 aliphatic rings. The summed E-state index contributed by atoms with van der Waals surface area (Å²) in [4.78, 5) is 12.5. The number of piperidine rings is 1. The van der Waals surface area contributed by atoms with Gasteiger partial charge in [0.05, 0.1) is 5.02 Å². The number of carbonyl (C=O) groups is 1. The fourth-order valence-corrected chi connectivity index (χ4v) is 6.45. The molecule has 1 fully saturated rings. The Morgan fingerprint density at radius 3 is 2.75 bits per heavy atom. The highest BCUT2D eigenvalue weighted by atomic mass is 35.5. The van der Waals surface area contributed by atoms with Crippen molar-refractivity contribution in [2.45, 2.75) is 41.8 Å². The van der Waals surface area contributed by atoms with Crippen molar-refractivity contribution in [1.29, 1.82) is 0 Å². The molecule has 28 heavy (non-hydrogen) atoms. The van der Waals surface area contributed by atoms with Gasteiger partial charge in [0.2, 0.25) is 15.2 Å². The van der Waals surface area contributed by atoms with E-state index in [-0.39, 0.29) is 15.5 Å². The van der Waals surface area contributed by atoms with Crippen LogP contribution in [0.3, 0.4) is 0 Å². The molecule has 0 bridgehead atoms. The number of carbonyl (C=O) groups excluding carboxylic acids is 1. The van der Waals surface area contributed by atoms with E-state index in [1.165, 1.54) is 33.8 Å². The van der Waals surface area contributed by atoms with Crippen LogP contribution in [0.2, 0.25) is 5.02 Å². The highest BCUT2D eigenvalue weighted by Crippen LogP contribution is 2.29. The molecule has 1 saturated heterocycles. The molecule has 7 nitrogen and oxygen atoms in total. The number of nitrogens with zero attached hydrogens (tertiary/aromatic N) is 3. The predicted molar refractivity (Wildman–Crippen MR) is 113 cm³/mol. The van der Waals surface area contributed by atoms with Crippen LogP contribution in [0.15, 0.2) is 27.4 Å². The van der Waals surface area contributed by atoms with Crippen LogP contribution in [0.4, 0.5) is 5.13 Å². The van der Waals surface area contributed by atoms with Crippen molar-refractivity contribution >= 4 is 55.8 Å². The third kappa shape index (κ3) is 5.04. The number of benzene rings is 1. The van der Waals surface area contributed by atoms with Crippen LogP contribution in [0.1, 0.15) is 43.0 Å². The molecule has 1 aromatic heterocycles. The minimum absolute atomic E-state index is 0.0415. The van der Waals surface area contributed by atoms with E-state index >= 15 is 0 Å². The number of rotatable bonds is 7. The Morgan fingerprint density at radius 2 is 2.04 bits per heavy atom. The molecular weight excluding hydrogens is 440 g/mol. The number of hydrogen-bond acceptors (Lipinski definition) is 7. The third-order valence-electron chi connectivity index (χ3n) is 4.18.